The van der Waals surface area contributed by atoms with E-state index >= 15 is 0 Å². The molecule has 1 aliphatic rings. The van der Waals surface area contributed by atoms with Gasteiger partial charge < -0.3 is 39.9 Å². The van der Waals surface area contributed by atoms with E-state index in [9.17, 15) is 44.6 Å². The van der Waals surface area contributed by atoms with Crippen molar-refractivity contribution in [2.45, 2.75) is 198 Å². The number of allylic oxidation sites excluding steroid dienone is 6. The summed E-state index contributed by atoms with van der Waals surface area (Å²) in [5.41, 5.74) is 0. The van der Waals surface area contributed by atoms with Crippen LogP contribution >= 0.6 is 7.82 Å². The van der Waals surface area contributed by atoms with Gasteiger partial charge in [-0.25, -0.2) is 4.57 Å². The van der Waals surface area contributed by atoms with E-state index in [1.165, 1.54) is 51.4 Å². The first kappa shape index (κ1) is 51.1. The van der Waals surface area contributed by atoms with Crippen molar-refractivity contribution < 1.29 is 63.1 Å². The Hall–Kier alpha value is -1.93. The van der Waals surface area contributed by atoms with Crippen molar-refractivity contribution in [3.8, 4) is 0 Å². The number of unbranched alkanes of at least 4 members (excludes halogenated alkanes) is 15. The van der Waals surface area contributed by atoms with Gasteiger partial charge in [0.25, 0.3) is 0 Å². The van der Waals surface area contributed by atoms with Gasteiger partial charge in [-0.05, 0) is 51.4 Å². The third-order valence-electron chi connectivity index (χ3n) is 9.48. The molecule has 55 heavy (non-hydrogen) atoms. The number of hydrogen-bond acceptors (Lipinski definition) is 12. The fraction of sp³-hybridized carbons (Fsp3) is 0.805. The predicted octanol–water partition coefficient (Wildman–Crippen LogP) is 7.05. The second-order valence-corrected chi connectivity index (χ2v) is 15.9. The minimum Gasteiger partial charge on any atom is -0.462 e. The number of carbonyl (C=O) groups excluding carboxylic acids is 2. The van der Waals surface area contributed by atoms with Crippen LogP contribution in [-0.2, 0) is 32.7 Å². The second kappa shape index (κ2) is 32.1. The van der Waals surface area contributed by atoms with E-state index in [0.717, 1.165) is 64.2 Å². The number of ether oxygens (including phenoxy) is 2. The normalized spacial score (nSPS) is 23.4. The number of aliphatic hydroxyl groups is 5. The maximum Gasteiger partial charge on any atom is 0.472 e. The minimum atomic E-state index is -5.11. The first-order valence-corrected chi connectivity index (χ1v) is 22.3. The summed E-state index contributed by atoms with van der Waals surface area (Å²) in [5.74, 6) is -1.13. The third kappa shape index (κ3) is 25.1. The molecule has 6 unspecified atom stereocenters. The van der Waals surface area contributed by atoms with Crippen molar-refractivity contribution in [3.05, 3.63) is 36.5 Å². The lowest BCUT2D eigenvalue weighted by Gasteiger charge is -2.41. The molecule has 0 bridgehead atoms. The van der Waals surface area contributed by atoms with E-state index in [4.69, 9.17) is 18.5 Å². The van der Waals surface area contributed by atoms with Gasteiger partial charge in [0.15, 0.2) is 6.10 Å². The van der Waals surface area contributed by atoms with E-state index in [0.29, 0.717) is 12.8 Å². The highest BCUT2D eigenvalue weighted by molar-refractivity contribution is 7.47. The van der Waals surface area contributed by atoms with E-state index in [1.807, 2.05) is 0 Å². The third-order valence-corrected chi connectivity index (χ3v) is 10.5. The lowest BCUT2D eigenvalue weighted by atomic mass is 9.85. The molecule has 0 heterocycles. The average Bonchev–Trinajstić information content (AvgIpc) is 3.16. The first-order valence-electron chi connectivity index (χ1n) is 20.8. The van der Waals surface area contributed by atoms with Crippen LogP contribution in [0.1, 0.15) is 155 Å². The fourth-order valence-corrected chi connectivity index (χ4v) is 7.03. The summed E-state index contributed by atoms with van der Waals surface area (Å²) >= 11 is 0. The van der Waals surface area contributed by atoms with Crippen LogP contribution in [0.5, 0.6) is 0 Å². The zero-order chi connectivity index (χ0) is 40.7. The molecule has 0 spiro atoms. The minimum absolute atomic E-state index is 0.0718. The van der Waals surface area contributed by atoms with Gasteiger partial charge in [-0.2, -0.15) is 0 Å². The summed E-state index contributed by atoms with van der Waals surface area (Å²) in [6, 6.07) is 0. The fourth-order valence-electron chi connectivity index (χ4n) is 6.06. The maximum absolute atomic E-state index is 12.7. The first-order chi connectivity index (χ1) is 26.4. The van der Waals surface area contributed by atoms with Crippen molar-refractivity contribution in [2.24, 2.45) is 0 Å². The standard InChI is InChI=1S/C41H73O13P/c1-3-5-7-9-11-13-14-15-16-17-18-19-20-22-24-26-28-30-35(43)53-33(31-51-34(42)29-27-25-23-21-12-10-8-6-4-2)32-52-55(49,50)54-41-39(47)37(45)36(44)38(46)40(41)48/h11,13,15-16,18-19,33,36-41,44-48H,3-10,12,14,17,20-32H2,1-2H3,(H,49,50)/b13-11-,16-15-,19-18-/t33-,36?,37-,38?,39?,40?,41?/m1/s1. The highest BCUT2D eigenvalue weighted by atomic mass is 31.2. The monoisotopic (exact) mass is 804 g/mol. The number of esters is 2. The zero-order valence-electron chi connectivity index (χ0n) is 33.5. The van der Waals surface area contributed by atoms with E-state index in [1.54, 1.807) is 0 Å². The van der Waals surface area contributed by atoms with Crippen molar-refractivity contribution >= 4 is 19.8 Å². The smallest absolute Gasteiger partial charge is 0.462 e. The van der Waals surface area contributed by atoms with Crippen molar-refractivity contribution in [2.75, 3.05) is 13.2 Å². The molecule has 0 aromatic heterocycles. The molecular formula is C41H73O13P. The Labute approximate surface area is 329 Å². The Bertz CT molecular complexity index is 1110. The summed E-state index contributed by atoms with van der Waals surface area (Å²) < 4.78 is 33.3. The lowest BCUT2D eigenvalue weighted by Crippen LogP contribution is -2.64. The van der Waals surface area contributed by atoms with Crippen LogP contribution in [0.15, 0.2) is 36.5 Å². The summed E-state index contributed by atoms with van der Waals surface area (Å²) in [6.45, 7) is 3.20. The number of phosphoric ester groups is 1. The molecule has 1 fully saturated rings. The molecule has 8 atom stereocenters. The van der Waals surface area contributed by atoms with Crippen LogP contribution in [0.25, 0.3) is 0 Å². The van der Waals surface area contributed by atoms with Crippen LogP contribution in [0.4, 0.5) is 0 Å². The number of rotatable bonds is 33. The highest BCUT2D eigenvalue weighted by Gasteiger charge is 2.51. The molecule has 13 nitrogen and oxygen atoms in total. The van der Waals surface area contributed by atoms with E-state index in [2.05, 4.69) is 50.3 Å². The van der Waals surface area contributed by atoms with E-state index < -0.39 is 75.7 Å². The number of aliphatic hydroxyl groups excluding tert-OH is 5. The molecule has 1 rings (SSSR count). The van der Waals surface area contributed by atoms with Gasteiger partial charge in [0.2, 0.25) is 0 Å². The summed E-state index contributed by atoms with van der Waals surface area (Å²) in [4.78, 5) is 35.5. The molecule has 0 saturated heterocycles. The Morgan fingerprint density at radius 1 is 0.564 bits per heavy atom. The van der Waals surface area contributed by atoms with Gasteiger partial charge in [0.1, 0.15) is 43.2 Å². The van der Waals surface area contributed by atoms with Crippen LogP contribution < -0.4 is 0 Å². The highest BCUT2D eigenvalue weighted by Crippen LogP contribution is 2.47. The molecule has 6 N–H and O–H groups in total. The second-order valence-electron chi connectivity index (χ2n) is 14.5. The molecule has 0 radical (unpaired) electrons. The molecule has 0 amide bonds. The average molecular weight is 805 g/mol. The van der Waals surface area contributed by atoms with Crippen molar-refractivity contribution in [3.63, 3.8) is 0 Å². The van der Waals surface area contributed by atoms with Gasteiger partial charge in [0.05, 0.1) is 6.61 Å². The molecule has 320 valence electrons. The summed E-state index contributed by atoms with van der Waals surface area (Å²) in [6.07, 6.45) is 20.8. The number of hydrogen-bond donors (Lipinski definition) is 6. The van der Waals surface area contributed by atoms with Gasteiger partial charge in [0, 0.05) is 12.8 Å². The van der Waals surface area contributed by atoms with Crippen LogP contribution in [-0.4, -0.2) is 98.3 Å². The quantitative estimate of drug-likeness (QED) is 0.0170. The van der Waals surface area contributed by atoms with Gasteiger partial charge in [-0.1, -0.05) is 127 Å². The largest absolute Gasteiger partial charge is 0.472 e. The summed E-state index contributed by atoms with van der Waals surface area (Å²) in [5, 5.41) is 50.0. The van der Waals surface area contributed by atoms with Gasteiger partial charge in [-0.15, -0.1) is 0 Å². The zero-order valence-corrected chi connectivity index (χ0v) is 34.4. The topological polar surface area (TPSA) is 210 Å². The molecule has 0 aliphatic heterocycles. The number of carbonyl (C=O) groups is 2. The SMILES string of the molecule is CCCCC/C=C\C/C=C\C/C=C\CCCCCCC(=O)O[C@H](COC(=O)CCCCCCCCCCC)COP(=O)(O)OC1C(O)C(O)C(O)[C@@H](O)C1O. The van der Waals surface area contributed by atoms with Crippen LogP contribution in [0.2, 0.25) is 0 Å². The molecule has 0 aromatic carbocycles. The van der Waals surface area contributed by atoms with E-state index in [-0.39, 0.29) is 12.8 Å². The Morgan fingerprint density at radius 2 is 0.982 bits per heavy atom. The molecule has 0 aromatic rings. The summed E-state index contributed by atoms with van der Waals surface area (Å²) in [7, 11) is -5.11. The Morgan fingerprint density at radius 3 is 1.53 bits per heavy atom. The van der Waals surface area contributed by atoms with Crippen molar-refractivity contribution in [1.82, 2.24) is 0 Å². The predicted molar refractivity (Wildman–Crippen MR) is 212 cm³/mol. The van der Waals surface area contributed by atoms with Gasteiger partial charge in [-0.3, -0.25) is 18.6 Å². The van der Waals surface area contributed by atoms with Crippen LogP contribution in [0.3, 0.4) is 0 Å². The molecule has 1 aliphatic carbocycles. The number of phosphoric acid groups is 1. The molecule has 14 heteroatoms. The Kier molecular flexibility index (Phi) is 29.8. The maximum atomic E-state index is 12.7. The lowest BCUT2D eigenvalue weighted by molar-refractivity contribution is -0.220. The molecular weight excluding hydrogens is 731 g/mol. The van der Waals surface area contributed by atoms with Gasteiger partial charge >= 0.3 is 19.8 Å². The van der Waals surface area contributed by atoms with Crippen LogP contribution in [0, 0.1) is 0 Å². The molecule has 1 saturated carbocycles. The Balaban J connectivity index is 2.52. The van der Waals surface area contributed by atoms with Crippen molar-refractivity contribution in [1.29, 1.82) is 0 Å².